The fourth-order valence-corrected chi connectivity index (χ4v) is 3.12. The van der Waals surface area contributed by atoms with Crippen LogP contribution in [0.3, 0.4) is 0 Å². The van der Waals surface area contributed by atoms with Crippen molar-refractivity contribution in [2.75, 3.05) is 13.2 Å². The maximum Gasteiger partial charge on any atom is 0.332 e. The van der Waals surface area contributed by atoms with Gasteiger partial charge in [-0.15, -0.1) is 0 Å². The highest BCUT2D eigenvalue weighted by Crippen LogP contribution is 2.34. The van der Waals surface area contributed by atoms with E-state index in [9.17, 15) is 19.5 Å². The Balaban J connectivity index is 2.26. The van der Waals surface area contributed by atoms with Gasteiger partial charge in [-0.2, -0.15) is 0 Å². The molecule has 0 saturated carbocycles. The van der Waals surface area contributed by atoms with Gasteiger partial charge in [0.25, 0.3) is 11.8 Å². The second kappa shape index (κ2) is 10.2. The monoisotopic (exact) mass is 415 g/mol. The molecule has 2 N–H and O–H groups in total. The van der Waals surface area contributed by atoms with Crippen molar-refractivity contribution < 1.29 is 29.3 Å². The minimum absolute atomic E-state index is 0.153. The van der Waals surface area contributed by atoms with E-state index in [0.29, 0.717) is 35.5 Å². The summed E-state index contributed by atoms with van der Waals surface area (Å²) in [6.45, 7) is 8.18. The minimum atomic E-state index is -1.62. The molecular formula is C23H29NO6. The molecule has 2 amide bonds. The zero-order valence-corrected chi connectivity index (χ0v) is 17.8. The van der Waals surface area contributed by atoms with Gasteiger partial charge < -0.3 is 14.9 Å². The van der Waals surface area contributed by atoms with Gasteiger partial charge in [0.1, 0.15) is 12.4 Å². The van der Waals surface area contributed by atoms with Crippen LogP contribution in [0, 0.1) is 5.92 Å². The SMILES string of the molecule is CC(C)=CCOc1ccc(C2=C(CC(C)C)C(=O)N(CCC(O)C(=O)O)C2=O)cc1. The van der Waals surface area contributed by atoms with E-state index in [1.54, 1.807) is 24.3 Å². The smallest absolute Gasteiger partial charge is 0.332 e. The van der Waals surface area contributed by atoms with Crippen molar-refractivity contribution in [3.05, 3.63) is 47.1 Å². The number of aliphatic carboxylic acids is 1. The number of benzene rings is 1. The van der Waals surface area contributed by atoms with E-state index in [-0.39, 0.29) is 18.9 Å². The van der Waals surface area contributed by atoms with Crippen LogP contribution in [-0.4, -0.2) is 52.2 Å². The maximum absolute atomic E-state index is 13.0. The van der Waals surface area contributed by atoms with Crippen molar-refractivity contribution >= 4 is 23.4 Å². The van der Waals surface area contributed by atoms with Crippen LogP contribution in [0.4, 0.5) is 0 Å². The number of amides is 2. The Morgan fingerprint density at radius 1 is 1.13 bits per heavy atom. The molecule has 0 aromatic heterocycles. The molecule has 1 aromatic carbocycles. The van der Waals surface area contributed by atoms with E-state index in [1.165, 1.54) is 0 Å². The average Bonchev–Trinajstić information content (AvgIpc) is 2.89. The summed E-state index contributed by atoms with van der Waals surface area (Å²) in [6, 6.07) is 6.99. The third-order valence-corrected chi connectivity index (χ3v) is 4.67. The summed E-state index contributed by atoms with van der Waals surface area (Å²) in [5.41, 5.74) is 2.51. The molecule has 1 aliphatic heterocycles. The number of carbonyl (C=O) groups excluding carboxylic acids is 2. The maximum atomic E-state index is 13.0. The predicted octanol–water partition coefficient (Wildman–Crippen LogP) is 3.04. The van der Waals surface area contributed by atoms with E-state index in [2.05, 4.69) is 0 Å². The number of rotatable bonds is 10. The molecule has 0 aliphatic carbocycles. The van der Waals surface area contributed by atoms with Crippen LogP contribution >= 0.6 is 0 Å². The highest BCUT2D eigenvalue weighted by Gasteiger charge is 2.39. The molecule has 7 nitrogen and oxygen atoms in total. The topological polar surface area (TPSA) is 104 Å². The number of nitrogens with zero attached hydrogens (tertiary/aromatic N) is 1. The quantitative estimate of drug-likeness (QED) is 0.450. The van der Waals surface area contributed by atoms with Gasteiger partial charge >= 0.3 is 5.97 Å². The first-order valence-corrected chi connectivity index (χ1v) is 9.98. The van der Waals surface area contributed by atoms with Gasteiger partial charge in [0.15, 0.2) is 6.10 Å². The number of carboxylic acids is 1. The molecule has 0 bridgehead atoms. The molecular weight excluding hydrogens is 386 g/mol. The first-order chi connectivity index (χ1) is 14.1. The Hall–Kier alpha value is -2.93. The number of carboxylic acid groups (broad SMARTS) is 1. The Morgan fingerprint density at radius 3 is 2.30 bits per heavy atom. The average molecular weight is 415 g/mol. The summed E-state index contributed by atoms with van der Waals surface area (Å²) in [4.78, 5) is 37.7. The summed E-state index contributed by atoms with van der Waals surface area (Å²) < 4.78 is 5.64. The Morgan fingerprint density at radius 2 is 1.77 bits per heavy atom. The van der Waals surface area contributed by atoms with Crippen LogP contribution in [0.25, 0.3) is 5.57 Å². The summed E-state index contributed by atoms with van der Waals surface area (Å²) >= 11 is 0. The minimum Gasteiger partial charge on any atom is -0.490 e. The van der Waals surface area contributed by atoms with Crippen LogP contribution in [0.2, 0.25) is 0 Å². The highest BCUT2D eigenvalue weighted by molar-refractivity contribution is 6.35. The second-order valence-electron chi connectivity index (χ2n) is 7.97. The first kappa shape index (κ1) is 23.3. The fraction of sp³-hybridized carbons (Fsp3) is 0.435. The number of carbonyl (C=O) groups is 3. The standard InChI is InChI=1S/C23H29NO6/c1-14(2)10-12-30-17-7-5-16(6-8-17)20-18(13-15(3)4)21(26)24(22(20)27)11-9-19(25)23(28)29/h5-8,10,15,19,25H,9,11-13H2,1-4H3,(H,28,29). The molecule has 1 aliphatic rings. The van der Waals surface area contributed by atoms with Gasteiger partial charge in [0.05, 0.1) is 5.57 Å². The predicted molar refractivity (Wildman–Crippen MR) is 113 cm³/mol. The van der Waals surface area contributed by atoms with Gasteiger partial charge in [0.2, 0.25) is 0 Å². The van der Waals surface area contributed by atoms with Crippen LogP contribution in [0.15, 0.2) is 41.5 Å². The van der Waals surface area contributed by atoms with Gasteiger partial charge in [-0.05, 0) is 50.0 Å². The van der Waals surface area contributed by atoms with Gasteiger partial charge in [-0.1, -0.05) is 31.6 Å². The molecule has 7 heteroatoms. The number of ether oxygens (including phenoxy) is 1. The van der Waals surface area contributed by atoms with E-state index < -0.39 is 23.9 Å². The van der Waals surface area contributed by atoms with E-state index in [4.69, 9.17) is 9.84 Å². The molecule has 0 saturated heterocycles. The summed E-state index contributed by atoms with van der Waals surface area (Å²) in [5, 5.41) is 18.4. The molecule has 0 fully saturated rings. The third kappa shape index (κ3) is 5.79. The number of hydrogen-bond donors (Lipinski definition) is 2. The molecule has 1 atom stereocenters. The van der Waals surface area contributed by atoms with Crippen LogP contribution < -0.4 is 4.74 Å². The normalized spacial score (nSPS) is 15.1. The molecule has 2 rings (SSSR count). The van der Waals surface area contributed by atoms with E-state index in [1.807, 2.05) is 33.8 Å². The van der Waals surface area contributed by atoms with Gasteiger partial charge in [-0.25, -0.2) is 4.79 Å². The zero-order chi connectivity index (χ0) is 22.4. The van der Waals surface area contributed by atoms with Crippen molar-refractivity contribution in [1.82, 2.24) is 4.90 Å². The van der Waals surface area contributed by atoms with E-state index in [0.717, 1.165) is 10.5 Å². The Labute approximate surface area is 176 Å². The number of hydrogen-bond acceptors (Lipinski definition) is 5. The number of allylic oxidation sites excluding steroid dienone is 1. The summed E-state index contributed by atoms with van der Waals surface area (Å²) in [6.07, 6.45) is 0.545. The molecule has 1 aromatic rings. The second-order valence-corrected chi connectivity index (χ2v) is 7.97. The summed E-state index contributed by atoms with van der Waals surface area (Å²) in [7, 11) is 0. The fourth-order valence-electron chi connectivity index (χ4n) is 3.12. The lowest BCUT2D eigenvalue weighted by molar-refractivity contribution is -0.148. The number of aliphatic hydroxyl groups is 1. The highest BCUT2D eigenvalue weighted by atomic mass is 16.5. The molecule has 1 heterocycles. The van der Waals surface area contributed by atoms with Gasteiger partial charge in [0, 0.05) is 18.5 Å². The van der Waals surface area contributed by atoms with Crippen molar-refractivity contribution in [2.45, 2.75) is 46.6 Å². The van der Waals surface area contributed by atoms with Crippen LogP contribution in [0.5, 0.6) is 5.75 Å². The lowest BCUT2D eigenvalue weighted by Gasteiger charge is -2.16. The molecule has 0 spiro atoms. The molecule has 162 valence electrons. The molecule has 0 radical (unpaired) electrons. The molecule has 1 unspecified atom stereocenters. The van der Waals surface area contributed by atoms with Crippen LogP contribution in [0.1, 0.15) is 46.1 Å². The number of aliphatic hydroxyl groups excluding tert-OH is 1. The van der Waals surface area contributed by atoms with E-state index >= 15 is 0 Å². The third-order valence-electron chi connectivity index (χ3n) is 4.67. The lowest BCUT2D eigenvalue weighted by Crippen LogP contribution is -2.35. The Bertz CT molecular complexity index is 862. The van der Waals surface area contributed by atoms with Crippen molar-refractivity contribution in [1.29, 1.82) is 0 Å². The van der Waals surface area contributed by atoms with Crippen molar-refractivity contribution in [2.24, 2.45) is 5.92 Å². The van der Waals surface area contributed by atoms with Crippen LogP contribution in [-0.2, 0) is 14.4 Å². The van der Waals surface area contributed by atoms with Crippen molar-refractivity contribution in [3.63, 3.8) is 0 Å². The first-order valence-electron chi connectivity index (χ1n) is 9.98. The van der Waals surface area contributed by atoms with Gasteiger partial charge in [-0.3, -0.25) is 14.5 Å². The summed E-state index contributed by atoms with van der Waals surface area (Å²) in [5.74, 6) is -1.46. The lowest BCUT2D eigenvalue weighted by atomic mass is 9.95. The number of imide groups is 1. The zero-order valence-electron chi connectivity index (χ0n) is 17.8. The largest absolute Gasteiger partial charge is 0.490 e. The molecule has 30 heavy (non-hydrogen) atoms. The van der Waals surface area contributed by atoms with Crippen molar-refractivity contribution in [3.8, 4) is 5.75 Å². The Kier molecular flexibility index (Phi) is 7.94.